The molecule has 5 aromatic carbocycles. The minimum atomic E-state index is -4.65. The number of nitro benzene ring substituents is 1. The van der Waals surface area contributed by atoms with Crippen LogP contribution in [0.1, 0.15) is 40.7 Å². The Kier molecular flexibility index (Phi) is 21.1. The van der Waals surface area contributed by atoms with Gasteiger partial charge in [0.05, 0.1) is 55.5 Å². The summed E-state index contributed by atoms with van der Waals surface area (Å²) in [6.45, 7) is 5.47. The lowest BCUT2D eigenvalue weighted by molar-refractivity contribution is -0.386. The highest BCUT2D eigenvalue weighted by molar-refractivity contribution is 7.91. The molecule has 37 heteroatoms. The van der Waals surface area contributed by atoms with Gasteiger partial charge in [-0.1, -0.05) is 0 Å². The Balaban J connectivity index is 0.000000168. The third kappa shape index (κ3) is 18.4. The molecule has 11 rings (SSSR count). The summed E-state index contributed by atoms with van der Waals surface area (Å²) in [5.41, 5.74) is 1.19. The van der Waals surface area contributed by atoms with Crippen LogP contribution in [0.3, 0.4) is 0 Å². The molecule has 0 aliphatic carbocycles. The average Bonchev–Trinajstić information content (AvgIpc) is 1.71. The third-order valence-electron chi connectivity index (χ3n) is 13.3. The Morgan fingerprint density at radius 3 is 1.51 bits per heavy atom. The van der Waals surface area contributed by atoms with E-state index < -0.39 is 84.9 Å². The zero-order chi connectivity index (χ0) is 66.3. The average molecular weight is 1340 g/mol. The van der Waals surface area contributed by atoms with Gasteiger partial charge in [-0.15, -0.1) is 0 Å². The summed E-state index contributed by atoms with van der Waals surface area (Å²) in [7, 11) is -3.07. The number of aromatic nitrogens is 3. The van der Waals surface area contributed by atoms with Crippen molar-refractivity contribution in [2.45, 2.75) is 43.7 Å². The number of carbonyl (C=O) groups is 1. The Bertz CT molecular complexity index is 3980. The highest BCUT2D eigenvalue weighted by atomic mass is 32.2. The van der Waals surface area contributed by atoms with Gasteiger partial charge in [-0.2, -0.15) is 75.8 Å². The van der Waals surface area contributed by atoms with Gasteiger partial charge in [0.15, 0.2) is 32.3 Å². The number of nitrogens with one attached hydrogen (secondary N) is 2. The van der Waals surface area contributed by atoms with Gasteiger partial charge in [0.25, 0.3) is 16.9 Å². The first-order chi connectivity index (χ1) is 41.9. The van der Waals surface area contributed by atoms with Gasteiger partial charge in [0.2, 0.25) is 0 Å². The van der Waals surface area contributed by atoms with Crippen molar-refractivity contribution in [3.05, 3.63) is 134 Å². The quantitative estimate of drug-likeness (QED) is 0.0275. The van der Waals surface area contributed by atoms with Crippen molar-refractivity contribution >= 4 is 84.8 Å². The first kappa shape index (κ1) is 68.7. The summed E-state index contributed by atoms with van der Waals surface area (Å²) in [6, 6.07) is 14.0. The van der Waals surface area contributed by atoms with Gasteiger partial charge in [-0.3, -0.25) is 10.1 Å². The molecule has 3 aromatic heterocycles. The van der Waals surface area contributed by atoms with Gasteiger partial charge in [0.1, 0.15) is 16.8 Å². The van der Waals surface area contributed by atoms with Crippen molar-refractivity contribution in [3.63, 3.8) is 0 Å². The van der Waals surface area contributed by atoms with E-state index in [1.165, 1.54) is 18.2 Å². The molecule has 8 aromatic rings. The van der Waals surface area contributed by atoms with Crippen molar-refractivity contribution < 1.29 is 107 Å². The molecule has 6 N–H and O–H groups in total. The lowest BCUT2D eigenvalue weighted by atomic mass is 10.2. The zero-order valence-electron chi connectivity index (χ0n) is 45.9. The number of phenols is 2. The smallest absolute Gasteiger partial charge is 0.416 e. The number of sulfone groups is 1. The number of urea groups is 1. The number of nitro groups is 1. The predicted molar refractivity (Wildman–Crippen MR) is 295 cm³/mol. The number of amides is 2. The molecule has 20 nitrogen and oxygen atoms in total. The lowest BCUT2D eigenvalue weighted by Gasteiger charge is -2.32. The monoisotopic (exact) mass is 1330 g/mol. The number of aromatic amines is 1. The fourth-order valence-corrected chi connectivity index (χ4v) is 10.0. The van der Waals surface area contributed by atoms with E-state index in [1.54, 1.807) is 14.7 Å². The maximum Gasteiger partial charge on any atom is 0.416 e. The van der Waals surface area contributed by atoms with E-state index in [-0.39, 0.29) is 81.1 Å². The van der Waals surface area contributed by atoms with E-state index in [9.17, 15) is 89.2 Å². The fraction of sp³-hybridized carbons (Fsp3) is 0.358. The van der Waals surface area contributed by atoms with Crippen LogP contribution in [0.15, 0.2) is 104 Å². The Morgan fingerprint density at radius 1 is 0.556 bits per heavy atom. The Hall–Kier alpha value is -8.74. The number of H-pyrrole nitrogens is 1. The van der Waals surface area contributed by atoms with Crippen molar-refractivity contribution in [2.75, 3.05) is 92.5 Å². The van der Waals surface area contributed by atoms with Crippen molar-refractivity contribution in [3.8, 4) is 11.5 Å². The summed E-state index contributed by atoms with van der Waals surface area (Å²) in [4.78, 5) is 39.8. The highest BCUT2D eigenvalue weighted by Gasteiger charge is 2.36. The molecule has 0 unspecified atom stereocenters. The SMILES string of the molecule is FC(F)(F)c1ccc2oc(=S)[nH]c2c1.FC(F)(F)c1ccc2oc(N3CCCNCC3)nc2c1.Nc1cc(C(F)(F)F)ccc1O.O=C(N1CCCN(c2nc3cc(C(F)(F)F)ccc3o2)CC1)N1CCS(=O)(=O)CC1.O=[N+]([O-])c1cc(C(F)(F)F)ccc1O. The molecule has 3 aliphatic heterocycles. The minimum absolute atomic E-state index is 0.0263. The van der Waals surface area contributed by atoms with Crippen LogP contribution >= 0.6 is 12.2 Å². The second kappa shape index (κ2) is 27.6. The number of rotatable bonds is 3. The molecule has 0 bridgehead atoms. The van der Waals surface area contributed by atoms with Crippen molar-refractivity contribution in [1.29, 1.82) is 0 Å². The van der Waals surface area contributed by atoms with E-state index >= 15 is 0 Å². The number of nitrogen functional groups attached to an aromatic ring is 1. The van der Waals surface area contributed by atoms with Crippen LogP contribution in [0, 0.1) is 15.0 Å². The highest BCUT2D eigenvalue weighted by Crippen LogP contribution is 2.38. The van der Waals surface area contributed by atoms with E-state index in [1.807, 2.05) is 4.90 Å². The molecule has 6 heterocycles. The van der Waals surface area contributed by atoms with E-state index in [2.05, 4.69) is 32.5 Å². The molecule has 0 atom stereocenters. The van der Waals surface area contributed by atoms with Crippen LogP contribution in [-0.4, -0.2) is 131 Å². The molecule has 0 saturated carbocycles. The number of nitrogens with zero attached hydrogens (tertiary/aromatic N) is 7. The van der Waals surface area contributed by atoms with E-state index in [4.69, 9.17) is 29.2 Å². The maximum absolute atomic E-state index is 12.9. The van der Waals surface area contributed by atoms with Crippen LogP contribution in [0.4, 0.5) is 94.1 Å². The van der Waals surface area contributed by atoms with Gasteiger partial charge >= 0.3 is 42.6 Å². The first-order valence-electron chi connectivity index (χ1n) is 26.2. The maximum atomic E-state index is 12.9. The van der Waals surface area contributed by atoms with Crippen LogP contribution in [0.5, 0.6) is 11.5 Å². The number of hydrogen-bond donors (Lipinski definition) is 5. The number of carbonyl (C=O) groups excluding carboxylic acids is 1. The Morgan fingerprint density at radius 2 is 1.00 bits per heavy atom. The van der Waals surface area contributed by atoms with Gasteiger partial charge in [-0.05, 0) is 117 Å². The van der Waals surface area contributed by atoms with Gasteiger partial charge in [-0.25, -0.2) is 13.2 Å². The summed E-state index contributed by atoms with van der Waals surface area (Å²) < 4.78 is 225. The topological polar surface area (TPSA) is 267 Å². The molecule has 2 amide bonds. The largest absolute Gasteiger partial charge is 0.506 e. The number of alkyl halides is 15. The van der Waals surface area contributed by atoms with Crippen LogP contribution in [-0.2, 0) is 40.7 Å². The number of benzene rings is 5. The second-order valence-corrected chi connectivity index (χ2v) is 22.3. The molecular weight excluding hydrogens is 1290 g/mol. The standard InChI is InChI=1S/C18H21F3N4O4S.C13H14F3N3O.C8H4F3NOS.C7H4F3NO3.C7H6F3NO/c19-18(20,21)13-2-3-15-14(12-13)22-16(29-15)23-4-1-5-24(7-6-23)17(26)25-8-10-30(27,28)11-9-25;14-13(15,16)9-2-3-11-10(8-9)18-12(20-11)19-6-1-4-17-5-7-19;9-8(10,11)4-1-2-6-5(3-4)12-7(14)13-6;8-7(9,10)4-1-2-6(12)5(3-4)11(13)14;8-7(9,10)4-1-2-6(12)5(11)3-4/h2-3,12H,1,4-11H2;2-3,8,17H,1,4-7H2;1-3H,(H,12,14);1-3,12H;1-3,12H,11H2. The molecule has 0 spiro atoms. The van der Waals surface area contributed by atoms with Gasteiger partial charge < -0.3 is 59.1 Å². The molecule has 488 valence electrons. The van der Waals surface area contributed by atoms with E-state index in [0.29, 0.717) is 68.0 Å². The first-order valence-corrected chi connectivity index (χ1v) is 28.4. The number of nitrogens with two attached hydrogens (primary N) is 1. The summed E-state index contributed by atoms with van der Waals surface area (Å²) >= 11 is 4.65. The number of halogens is 15. The summed E-state index contributed by atoms with van der Waals surface area (Å²) in [6.07, 6.45) is -20.7. The molecule has 0 radical (unpaired) electrons. The molecule has 3 fully saturated rings. The fourth-order valence-electron chi connectivity index (χ4n) is 8.60. The summed E-state index contributed by atoms with van der Waals surface area (Å²) in [5.74, 6) is -1.19. The number of fused-ring (bicyclic) bond motifs is 3. The number of oxazole rings is 3. The number of phenolic OH excluding ortho intramolecular Hbond substituents is 2. The zero-order valence-corrected chi connectivity index (χ0v) is 47.5. The Labute approximate surface area is 502 Å². The minimum Gasteiger partial charge on any atom is -0.506 e. The van der Waals surface area contributed by atoms with Crippen molar-refractivity contribution in [2.24, 2.45) is 0 Å². The molecule has 3 saturated heterocycles. The number of hydrogen-bond acceptors (Lipinski definition) is 17. The van der Waals surface area contributed by atoms with Crippen LogP contribution < -0.4 is 20.9 Å². The van der Waals surface area contributed by atoms with Crippen molar-refractivity contribution in [1.82, 2.24) is 30.1 Å². The molecular formula is C53H49F15N10O10S2. The van der Waals surface area contributed by atoms with Crippen LogP contribution in [0.25, 0.3) is 33.3 Å². The number of anilines is 3. The molecule has 90 heavy (non-hydrogen) atoms. The predicted octanol–water partition coefficient (Wildman–Crippen LogP) is 12.7. The normalized spacial score (nSPS) is 15.9. The third-order valence-corrected chi connectivity index (χ3v) is 15.1. The van der Waals surface area contributed by atoms with Gasteiger partial charge in [0, 0.05) is 65.0 Å². The van der Waals surface area contributed by atoms with E-state index in [0.717, 1.165) is 81.1 Å². The number of aromatic hydroxyl groups is 2. The summed E-state index contributed by atoms with van der Waals surface area (Å²) in [5, 5.41) is 31.1. The second-order valence-electron chi connectivity index (χ2n) is 19.6. The lowest BCUT2D eigenvalue weighted by Crippen LogP contribution is -2.50. The molecule has 3 aliphatic rings. The van der Waals surface area contributed by atoms with Crippen LogP contribution in [0.2, 0.25) is 0 Å².